The molecule has 1 spiro atoms. The van der Waals surface area contributed by atoms with E-state index >= 15 is 0 Å². The van der Waals surface area contributed by atoms with Crippen molar-refractivity contribution in [3.05, 3.63) is 234 Å². The second-order valence-corrected chi connectivity index (χ2v) is 17.5. The van der Waals surface area contributed by atoms with Crippen LogP contribution in [0.25, 0.3) is 44.2 Å². The summed E-state index contributed by atoms with van der Waals surface area (Å²) in [5.41, 5.74) is 18.7. The number of rotatable bonds is 4. The highest BCUT2D eigenvalue weighted by molar-refractivity contribution is 7.99. The van der Waals surface area contributed by atoms with Crippen LogP contribution in [0.15, 0.2) is 210 Å². The van der Waals surface area contributed by atoms with E-state index in [1.165, 1.54) is 87.3 Å². The number of benzene rings is 9. The Morgan fingerprint density at radius 1 is 0.379 bits per heavy atom. The Morgan fingerprint density at radius 2 is 0.966 bits per heavy atom. The van der Waals surface area contributed by atoms with Crippen LogP contribution in [0.1, 0.15) is 47.2 Å². The van der Waals surface area contributed by atoms with E-state index in [2.05, 4.69) is 219 Å². The van der Waals surface area contributed by atoms with E-state index in [9.17, 15) is 0 Å². The molecule has 0 fully saturated rings. The molecule has 0 radical (unpaired) electrons. The molecule has 2 aliphatic carbocycles. The summed E-state index contributed by atoms with van der Waals surface area (Å²) in [6.45, 7) is 4.74. The van der Waals surface area contributed by atoms with Gasteiger partial charge in [0.2, 0.25) is 0 Å². The van der Waals surface area contributed by atoms with Crippen LogP contribution in [-0.4, -0.2) is 0 Å². The predicted octanol–water partition coefficient (Wildman–Crippen LogP) is 15.1. The zero-order valence-electron chi connectivity index (χ0n) is 32.4. The lowest BCUT2D eigenvalue weighted by atomic mass is 9.67. The average molecular weight is 758 g/mol. The summed E-state index contributed by atoms with van der Waals surface area (Å²) in [7, 11) is 0. The van der Waals surface area contributed by atoms with Crippen LogP contribution >= 0.6 is 11.8 Å². The lowest BCUT2D eigenvalue weighted by Crippen LogP contribution is -2.32. The first-order valence-electron chi connectivity index (χ1n) is 20.3. The van der Waals surface area contributed by atoms with Crippen molar-refractivity contribution in [1.29, 1.82) is 0 Å². The van der Waals surface area contributed by atoms with Gasteiger partial charge in [-0.3, -0.25) is 0 Å². The average Bonchev–Trinajstić information content (AvgIpc) is 3.70. The predicted molar refractivity (Wildman–Crippen MR) is 243 cm³/mol. The second kappa shape index (κ2) is 12.4. The van der Waals surface area contributed by atoms with Crippen molar-refractivity contribution >= 4 is 39.6 Å². The van der Waals surface area contributed by atoms with Crippen LogP contribution in [0, 0.1) is 0 Å². The normalized spacial score (nSPS) is 16.2. The molecule has 9 aromatic carbocycles. The minimum absolute atomic E-state index is 0.120. The molecule has 0 saturated carbocycles. The highest BCUT2D eigenvalue weighted by Crippen LogP contribution is 2.64. The van der Waals surface area contributed by atoms with Crippen LogP contribution < -0.4 is 4.90 Å². The fraction of sp³-hybridized carbons (Fsp3) is 0.0714. The van der Waals surface area contributed by atoms with Crippen LogP contribution in [0.3, 0.4) is 0 Å². The van der Waals surface area contributed by atoms with E-state index < -0.39 is 5.41 Å². The summed E-state index contributed by atoms with van der Waals surface area (Å²) < 4.78 is 0. The summed E-state index contributed by atoms with van der Waals surface area (Å²) in [5, 5.41) is 2.58. The summed E-state index contributed by atoms with van der Waals surface area (Å²) in [4.78, 5) is 5.09. The molecule has 0 aromatic heterocycles. The van der Waals surface area contributed by atoms with Crippen LogP contribution in [0.2, 0.25) is 0 Å². The second-order valence-electron chi connectivity index (χ2n) is 16.4. The van der Waals surface area contributed by atoms with Gasteiger partial charge in [0.05, 0.1) is 5.41 Å². The first-order valence-corrected chi connectivity index (χ1v) is 21.1. The van der Waals surface area contributed by atoms with Gasteiger partial charge < -0.3 is 4.90 Å². The van der Waals surface area contributed by atoms with Crippen molar-refractivity contribution in [3.63, 3.8) is 0 Å². The molecule has 9 aromatic rings. The number of nitrogens with zero attached hydrogens (tertiary/aromatic N) is 1. The Labute approximate surface area is 344 Å². The van der Waals surface area contributed by atoms with Gasteiger partial charge in [-0.15, -0.1) is 0 Å². The number of hydrogen-bond donors (Lipinski definition) is 0. The van der Waals surface area contributed by atoms with Gasteiger partial charge in [-0.1, -0.05) is 177 Å². The fourth-order valence-corrected chi connectivity index (χ4v) is 11.7. The molecule has 0 N–H and O–H groups in total. The SMILES string of the molecule is CC1(C)c2ccccc2-c2ccc(N(c3ccc(-c4ccccc4)cc3)c3ccc4c(c3)C3(c5ccccc5S4)c4ccccc4-c4c3ccc3ccccc43)cc21. The maximum atomic E-state index is 2.51. The van der Waals surface area contributed by atoms with Crippen molar-refractivity contribution in [2.45, 2.75) is 34.5 Å². The van der Waals surface area contributed by atoms with E-state index in [4.69, 9.17) is 0 Å². The van der Waals surface area contributed by atoms with Crippen LogP contribution in [-0.2, 0) is 10.8 Å². The van der Waals surface area contributed by atoms with Gasteiger partial charge in [-0.2, -0.15) is 0 Å². The van der Waals surface area contributed by atoms with Crippen LogP contribution in [0.4, 0.5) is 17.1 Å². The molecule has 58 heavy (non-hydrogen) atoms. The molecule has 1 unspecified atom stereocenters. The third-order valence-corrected chi connectivity index (χ3v) is 14.3. The van der Waals surface area contributed by atoms with Gasteiger partial charge in [0.25, 0.3) is 0 Å². The molecule has 0 amide bonds. The first-order chi connectivity index (χ1) is 28.5. The highest BCUT2D eigenvalue weighted by atomic mass is 32.2. The monoisotopic (exact) mass is 757 g/mol. The zero-order chi connectivity index (χ0) is 38.6. The van der Waals surface area contributed by atoms with Crippen molar-refractivity contribution in [2.24, 2.45) is 0 Å². The summed E-state index contributed by atoms with van der Waals surface area (Å²) in [6.07, 6.45) is 0. The minimum atomic E-state index is -0.493. The van der Waals surface area contributed by atoms with Gasteiger partial charge in [0.1, 0.15) is 0 Å². The summed E-state index contributed by atoms with van der Waals surface area (Å²) in [5.74, 6) is 0. The molecular weight excluding hydrogens is 719 g/mol. The Kier molecular flexibility index (Phi) is 7.19. The fourth-order valence-electron chi connectivity index (χ4n) is 10.5. The Bertz CT molecular complexity index is 3120. The molecule has 12 rings (SSSR count). The molecule has 0 bridgehead atoms. The molecule has 1 aliphatic heterocycles. The number of fused-ring (bicyclic) bond motifs is 14. The number of anilines is 3. The van der Waals surface area contributed by atoms with E-state index in [0.29, 0.717) is 0 Å². The molecular formula is C56H39NS. The number of hydrogen-bond acceptors (Lipinski definition) is 2. The van der Waals surface area contributed by atoms with E-state index in [1.807, 2.05) is 11.8 Å². The first kappa shape index (κ1) is 33.5. The molecule has 1 atom stereocenters. The van der Waals surface area contributed by atoms with Gasteiger partial charge >= 0.3 is 0 Å². The lowest BCUT2D eigenvalue weighted by Gasteiger charge is -2.40. The maximum Gasteiger partial charge on any atom is 0.0736 e. The minimum Gasteiger partial charge on any atom is -0.310 e. The third-order valence-electron chi connectivity index (χ3n) is 13.1. The molecule has 1 nitrogen and oxygen atoms in total. The molecule has 274 valence electrons. The van der Waals surface area contributed by atoms with Gasteiger partial charge in [0, 0.05) is 32.3 Å². The maximum absolute atomic E-state index is 2.51. The lowest BCUT2D eigenvalue weighted by molar-refractivity contribution is 0.660. The van der Waals surface area contributed by atoms with Gasteiger partial charge in [0.15, 0.2) is 0 Å². The van der Waals surface area contributed by atoms with Crippen LogP contribution in [0.5, 0.6) is 0 Å². The Hall–Kier alpha value is -6.61. The zero-order valence-corrected chi connectivity index (χ0v) is 33.2. The standard InChI is InChI=1S/C56H39NS/c1-55(2)46-20-10-8-18-43(46)44-31-29-40(34-50(44)55)57(39-27-24-37(25-28-39)36-14-4-3-5-15-36)41-30-33-53-51(35-41)56(48-22-12-13-23-52(48)58-53)47-21-11-9-19-45(47)54-42-17-7-6-16-38(42)26-32-49(54)56/h3-35H,1-2H3. The molecule has 3 aliphatic rings. The molecule has 0 saturated heterocycles. The molecule has 1 heterocycles. The van der Waals surface area contributed by atoms with Crippen molar-refractivity contribution in [1.82, 2.24) is 0 Å². The molecule has 2 heteroatoms. The van der Waals surface area contributed by atoms with Crippen molar-refractivity contribution in [3.8, 4) is 33.4 Å². The van der Waals surface area contributed by atoms with E-state index in [0.717, 1.165) is 17.1 Å². The summed E-state index contributed by atoms with van der Waals surface area (Å²) in [6, 6.07) is 75.0. The topological polar surface area (TPSA) is 3.24 Å². The smallest absolute Gasteiger partial charge is 0.0736 e. The van der Waals surface area contributed by atoms with Crippen molar-refractivity contribution < 1.29 is 0 Å². The van der Waals surface area contributed by atoms with Crippen molar-refractivity contribution in [2.75, 3.05) is 4.90 Å². The Morgan fingerprint density at radius 3 is 1.79 bits per heavy atom. The third kappa shape index (κ3) is 4.61. The van der Waals surface area contributed by atoms with E-state index in [1.54, 1.807) is 0 Å². The van der Waals surface area contributed by atoms with Gasteiger partial charge in [-0.25, -0.2) is 0 Å². The van der Waals surface area contributed by atoms with Gasteiger partial charge in [-0.05, 0) is 126 Å². The largest absolute Gasteiger partial charge is 0.310 e. The highest BCUT2D eigenvalue weighted by Gasteiger charge is 2.51. The quantitative estimate of drug-likeness (QED) is 0.176. The Balaban J connectivity index is 1.11. The van der Waals surface area contributed by atoms with E-state index in [-0.39, 0.29) is 5.41 Å². The summed E-state index contributed by atoms with van der Waals surface area (Å²) >= 11 is 1.90.